The van der Waals surface area contributed by atoms with E-state index in [2.05, 4.69) is 57.3 Å². The minimum absolute atomic E-state index is 0.0794. The molecular formula is C19H31NO. The lowest BCUT2D eigenvalue weighted by atomic mass is 9.90. The Balaban J connectivity index is 1.96. The fourth-order valence-corrected chi connectivity index (χ4v) is 3.35. The molecule has 0 aliphatic carbocycles. The fraction of sp³-hybridized carbons (Fsp3) is 0.684. The Morgan fingerprint density at radius 2 is 2.10 bits per heavy atom. The predicted molar refractivity (Wildman–Crippen MR) is 89.7 cm³/mol. The lowest BCUT2D eigenvalue weighted by Crippen LogP contribution is -2.28. The van der Waals surface area contributed by atoms with Gasteiger partial charge in [0.25, 0.3) is 0 Å². The van der Waals surface area contributed by atoms with Crippen molar-refractivity contribution in [3.8, 4) is 0 Å². The summed E-state index contributed by atoms with van der Waals surface area (Å²) < 4.78 is 6.20. The molecule has 2 rings (SSSR count). The topological polar surface area (TPSA) is 21.3 Å². The van der Waals surface area contributed by atoms with Crippen LogP contribution in [-0.4, -0.2) is 24.8 Å². The van der Waals surface area contributed by atoms with Crippen LogP contribution in [0.2, 0.25) is 0 Å². The average Bonchev–Trinajstić information content (AvgIpc) is 2.77. The van der Waals surface area contributed by atoms with Crippen molar-refractivity contribution in [3.05, 3.63) is 35.4 Å². The number of rotatable bonds is 7. The summed E-state index contributed by atoms with van der Waals surface area (Å²) in [6.45, 7) is 11.0. The van der Waals surface area contributed by atoms with E-state index in [-0.39, 0.29) is 5.60 Å². The molecule has 0 spiro atoms. The normalized spacial score (nSPS) is 22.4. The summed E-state index contributed by atoms with van der Waals surface area (Å²) in [7, 11) is 0. The zero-order valence-corrected chi connectivity index (χ0v) is 14.1. The smallest absolute Gasteiger partial charge is 0.0631 e. The molecule has 1 aromatic rings. The SMILES string of the molecule is CCNCC(Cc1ccccc1C)CC1CCC(C)(C)O1. The number of benzene rings is 1. The number of aryl methyl sites for hydroxylation is 1. The van der Waals surface area contributed by atoms with E-state index in [1.165, 1.54) is 30.4 Å². The van der Waals surface area contributed by atoms with E-state index in [1.807, 2.05) is 0 Å². The molecular weight excluding hydrogens is 258 g/mol. The standard InChI is InChI=1S/C19H31NO/c1-5-20-14-16(12-17-9-7-6-8-15(17)2)13-18-10-11-19(3,4)21-18/h6-9,16,18,20H,5,10-14H2,1-4H3. The third kappa shape index (κ3) is 5.12. The van der Waals surface area contributed by atoms with Crippen LogP contribution in [0.3, 0.4) is 0 Å². The van der Waals surface area contributed by atoms with Crippen molar-refractivity contribution >= 4 is 0 Å². The number of hydrogen-bond acceptors (Lipinski definition) is 2. The molecule has 1 heterocycles. The van der Waals surface area contributed by atoms with Crippen LogP contribution >= 0.6 is 0 Å². The summed E-state index contributed by atoms with van der Waals surface area (Å²) >= 11 is 0. The summed E-state index contributed by atoms with van der Waals surface area (Å²) in [5.41, 5.74) is 2.97. The zero-order valence-electron chi connectivity index (χ0n) is 14.1. The Morgan fingerprint density at radius 1 is 1.33 bits per heavy atom. The summed E-state index contributed by atoms with van der Waals surface area (Å²) in [6.07, 6.45) is 5.16. The zero-order chi connectivity index (χ0) is 15.3. The van der Waals surface area contributed by atoms with Gasteiger partial charge in [-0.05, 0) is 76.6 Å². The minimum atomic E-state index is 0.0794. The molecule has 0 radical (unpaired) electrons. The maximum absolute atomic E-state index is 6.20. The van der Waals surface area contributed by atoms with Gasteiger partial charge >= 0.3 is 0 Å². The lowest BCUT2D eigenvalue weighted by molar-refractivity contribution is -0.0244. The van der Waals surface area contributed by atoms with Gasteiger partial charge in [0, 0.05) is 0 Å². The molecule has 0 saturated carbocycles. The lowest BCUT2D eigenvalue weighted by Gasteiger charge is -2.24. The molecule has 0 bridgehead atoms. The van der Waals surface area contributed by atoms with Crippen LogP contribution in [0.15, 0.2) is 24.3 Å². The molecule has 1 N–H and O–H groups in total. The van der Waals surface area contributed by atoms with E-state index in [0.717, 1.165) is 19.5 Å². The Morgan fingerprint density at radius 3 is 2.71 bits per heavy atom. The second-order valence-corrected chi connectivity index (χ2v) is 7.08. The first-order chi connectivity index (χ1) is 10.00. The van der Waals surface area contributed by atoms with Crippen LogP contribution in [0.1, 0.15) is 51.2 Å². The van der Waals surface area contributed by atoms with Crippen LogP contribution < -0.4 is 5.32 Å². The Hall–Kier alpha value is -0.860. The second-order valence-electron chi connectivity index (χ2n) is 7.08. The molecule has 2 heteroatoms. The van der Waals surface area contributed by atoms with Crippen LogP contribution in [0.5, 0.6) is 0 Å². The third-order valence-electron chi connectivity index (χ3n) is 4.60. The van der Waals surface area contributed by atoms with Crippen LogP contribution in [0.25, 0.3) is 0 Å². The first kappa shape index (κ1) is 16.5. The maximum Gasteiger partial charge on any atom is 0.0631 e. The first-order valence-corrected chi connectivity index (χ1v) is 8.43. The van der Waals surface area contributed by atoms with Crippen molar-refractivity contribution in [1.82, 2.24) is 5.32 Å². The molecule has 0 amide bonds. The number of nitrogens with one attached hydrogen (secondary N) is 1. The monoisotopic (exact) mass is 289 g/mol. The van der Waals surface area contributed by atoms with Gasteiger partial charge in [0.2, 0.25) is 0 Å². The van der Waals surface area contributed by atoms with E-state index in [1.54, 1.807) is 0 Å². The van der Waals surface area contributed by atoms with Crippen molar-refractivity contribution in [2.75, 3.05) is 13.1 Å². The van der Waals surface area contributed by atoms with Crippen molar-refractivity contribution < 1.29 is 4.74 Å². The minimum Gasteiger partial charge on any atom is -0.372 e. The van der Waals surface area contributed by atoms with Gasteiger partial charge in [-0.2, -0.15) is 0 Å². The van der Waals surface area contributed by atoms with Crippen molar-refractivity contribution in [2.24, 2.45) is 5.92 Å². The summed E-state index contributed by atoms with van der Waals surface area (Å²) in [4.78, 5) is 0. The number of ether oxygens (including phenoxy) is 1. The van der Waals surface area contributed by atoms with E-state index in [0.29, 0.717) is 12.0 Å². The molecule has 2 atom stereocenters. The van der Waals surface area contributed by atoms with Gasteiger partial charge in [-0.15, -0.1) is 0 Å². The molecule has 118 valence electrons. The van der Waals surface area contributed by atoms with Crippen molar-refractivity contribution in [3.63, 3.8) is 0 Å². The predicted octanol–water partition coefficient (Wildman–Crippen LogP) is 4.11. The Labute approximate surface area is 130 Å². The molecule has 2 unspecified atom stereocenters. The highest BCUT2D eigenvalue weighted by Gasteiger charge is 2.32. The van der Waals surface area contributed by atoms with Gasteiger partial charge in [0.05, 0.1) is 11.7 Å². The van der Waals surface area contributed by atoms with Crippen molar-refractivity contribution in [2.45, 2.75) is 65.1 Å². The van der Waals surface area contributed by atoms with E-state index < -0.39 is 0 Å². The fourth-order valence-electron chi connectivity index (χ4n) is 3.35. The van der Waals surface area contributed by atoms with Crippen LogP contribution in [-0.2, 0) is 11.2 Å². The third-order valence-corrected chi connectivity index (χ3v) is 4.60. The Kier molecular flexibility index (Phi) is 5.83. The van der Waals surface area contributed by atoms with Gasteiger partial charge in [-0.3, -0.25) is 0 Å². The molecule has 1 aromatic carbocycles. The van der Waals surface area contributed by atoms with E-state index >= 15 is 0 Å². The maximum atomic E-state index is 6.20. The molecule has 1 saturated heterocycles. The number of hydrogen-bond donors (Lipinski definition) is 1. The highest BCUT2D eigenvalue weighted by Crippen LogP contribution is 2.33. The summed E-state index contributed by atoms with van der Waals surface area (Å²) in [6, 6.07) is 8.77. The van der Waals surface area contributed by atoms with Gasteiger partial charge in [0.1, 0.15) is 0 Å². The molecule has 1 aliphatic rings. The first-order valence-electron chi connectivity index (χ1n) is 8.43. The van der Waals surface area contributed by atoms with Gasteiger partial charge in [-0.25, -0.2) is 0 Å². The molecule has 1 aliphatic heterocycles. The quantitative estimate of drug-likeness (QED) is 0.815. The largest absolute Gasteiger partial charge is 0.372 e. The second kappa shape index (κ2) is 7.42. The molecule has 0 aromatic heterocycles. The molecule has 1 fully saturated rings. The Bertz CT molecular complexity index is 441. The average molecular weight is 289 g/mol. The van der Waals surface area contributed by atoms with Gasteiger partial charge in [-0.1, -0.05) is 31.2 Å². The van der Waals surface area contributed by atoms with Gasteiger partial charge < -0.3 is 10.1 Å². The highest BCUT2D eigenvalue weighted by molar-refractivity contribution is 5.26. The van der Waals surface area contributed by atoms with Crippen LogP contribution in [0, 0.1) is 12.8 Å². The molecule has 21 heavy (non-hydrogen) atoms. The van der Waals surface area contributed by atoms with E-state index in [4.69, 9.17) is 4.74 Å². The molecule has 2 nitrogen and oxygen atoms in total. The highest BCUT2D eigenvalue weighted by atomic mass is 16.5. The van der Waals surface area contributed by atoms with Crippen LogP contribution in [0.4, 0.5) is 0 Å². The summed E-state index contributed by atoms with van der Waals surface area (Å²) in [5.74, 6) is 0.657. The van der Waals surface area contributed by atoms with Crippen molar-refractivity contribution in [1.29, 1.82) is 0 Å². The van der Waals surface area contributed by atoms with E-state index in [9.17, 15) is 0 Å². The van der Waals surface area contributed by atoms with Gasteiger partial charge in [0.15, 0.2) is 0 Å². The summed E-state index contributed by atoms with van der Waals surface area (Å²) in [5, 5.41) is 3.53.